The van der Waals surface area contributed by atoms with Crippen molar-refractivity contribution in [1.29, 1.82) is 0 Å². The highest BCUT2D eigenvalue weighted by Crippen LogP contribution is 2.27. The molecule has 1 atom stereocenters. The molecule has 114 valence electrons. The Bertz CT molecular complexity index is 440. The first-order valence-corrected chi connectivity index (χ1v) is 7.91. The van der Waals surface area contributed by atoms with Crippen molar-refractivity contribution >= 4 is 0 Å². The van der Waals surface area contributed by atoms with E-state index in [0.29, 0.717) is 0 Å². The minimum atomic E-state index is 0.107. The summed E-state index contributed by atoms with van der Waals surface area (Å²) in [7, 11) is 0. The minimum absolute atomic E-state index is 0.107. The Morgan fingerprint density at radius 3 is 2.33 bits per heavy atom. The van der Waals surface area contributed by atoms with Gasteiger partial charge in [-0.05, 0) is 18.4 Å². The highest BCUT2D eigenvalue weighted by Gasteiger charge is 2.31. The van der Waals surface area contributed by atoms with Crippen LogP contribution in [0.5, 0.6) is 0 Å². The molecule has 0 aliphatic heterocycles. The van der Waals surface area contributed by atoms with Gasteiger partial charge in [-0.15, -0.1) is 13.2 Å². The molecule has 1 aliphatic rings. The second-order valence-electron chi connectivity index (χ2n) is 6.35. The Morgan fingerprint density at radius 2 is 1.81 bits per heavy atom. The Labute approximate surface area is 129 Å². The second kappa shape index (κ2) is 7.58. The van der Waals surface area contributed by atoms with Gasteiger partial charge in [-0.3, -0.25) is 4.90 Å². The number of nitrogens with zero attached hydrogens (tertiary/aromatic N) is 1. The molecule has 1 aromatic carbocycles. The van der Waals surface area contributed by atoms with Crippen LogP contribution in [0.3, 0.4) is 0 Å². The molecular formula is C19H28N2. The normalized spacial score (nSPS) is 17.4. The summed E-state index contributed by atoms with van der Waals surface area (Å²) in [5, 5.41) is 3.71. The lowest BCUT2D eigenvalue weighted by Crippen LogP contribution is -2.46. The van der Waals surface area contributed by atoms with Crippen molar-refractivity contribution in [1.82, 2.24) is 10.2 Å². The number of benzene rings is 1. The van der Waals surface area contributed by atoms with E-state index < -0.39 is 0 Å². The molecule has 0 saturated heterocycles. The summed E-state index contributed by atoms with van der Waals surface area (Å²) >= 11 is 0. The third-order valence-electron chi connectivity index (χ3n) is 4.18. The fourth-order valence-corrected chi connectivity index (χ4v) is 2.81. The Kier molecular flexibility index (Phi) is 5.77. The third kappa shape index (κ3) is 4.83. The van der Waals surface area contributed by atoms with Gasteiger partial charge in [-0.1, -0.05) is 49.4 Å². The molecule has 0 bridgehead atoms. The molecule has 2 nitrogen and oxygen atoms in total. The topological polar surface area (TPSA) is 15.3 Å². The molecule has 0 spiro atoms. The molecule has 0 radical (unpaired) electrons. The van der Waals surface area contributed by atoms with E-state index in [1.165, 1.54) is 18.4 Å². The van der Waals surface area contributed by atoms with Crippen molar-refractivity contribution in [2.75, 3.05) is 26.2 Å². The molecule has 1 unspecified atom stereocenters. The van der Waals surface area contributed by atoms with Crippen LogP contribution in [0.15, 0.2) is 55.6 Å². The van der Waals surface area contributed by atoms with Crippen molar-refractivity contribution < 1.29 is 0 Å². The molecule has 21 heavy (non-hydrogen) atoms. The number of hydrogen-bond acceptors (Lipinski definition) is 2. The summed E-state index contributed by atoms with van der Waals surface area (Å²) < 4.78 is 0. The van der Waals surface area contributed by atoms with Crippen LogP contribution >= 0.6 is 0 Å². The van der Waals surface area contributed by atoms with Gasteiger partial charge in [0, 0.05) is 37.6 Å². The first kappa shape index (κ1) is 16.0. The number of rotatable bonds is 10. The molecule has 1 aromatic rings. The molecule has 2 rings (SSSR count). The van der Waals surface area contributed by atoms with Gasteiger partial charge in [-0.25, -0.2) is 0 Å². The minimum Gasteiger partial charge on any atom is -0.313 e. The van der Waals surface area contributed by atoms with Crippen molar-refractivity contribution in [3.8, 4) is 0 Å². The zero-order valence-corrected chi connectivity index (χ0v) is 13.2. The maximum atomic E-state index is 3.88. The Morgan fingerprint density at radius 1 is 1.19 bits per heavy atom. The van der Waals surface area contributed by atoms with E-state index in [-0.39, 0.29) is 5.41 Å². The van der Waals surface area contributed by atoms with E-state index in [9.17, 15) is 0 Å². The van der Waals surface area contributed by atoms with Crippen LogP contribution in [0.1, 0.15) is 25.3 Å². The molecule has 0 amide bonds. The van der Waals surface area contributed by atoms with E-state index in [4.69, 9.17) is 0 Å². The Hall–Kier alpha value is -1.38. The lowest BCUT2D eigenvalue weighted by Gasteiger charge is -2.36. The summed E-state index contributed by atoms with van der Waals surface area (Å²) in [5.74, 6) is 0. The summed E-state index contributed by atoms with van der Waals surface area (Å²) in [6, 6.07) is 11.6. The fraction of sp³-hybridized carbons (Fsp3) is 0.474. The third-order valence-corrected chi connectivity index (χ3v) is 4.18. The summed E-state index contributed by atoms with van der Waals surface area (Å²) in [6.45, 7) is 13.9. The summed E-state index contributed by atoms with van der Waals surface area (Å²) in [4.78, 5) is 2.40. The number of hydrogen-bond donors (Lipinski definition) is 1. The molecule has 2 heteroatoms. The van der Waals surface area contributed by atoms with Crippen LogP contribution in [-0.2, 0) is 5.41 Å². The number of nitrogens with one attached hydrogen (secondary N) is 1. The molecule has 0 heterocycles. The molecule has 1 N–H and O–H groups in total. The van der Waals surface area contributed by atoms with Gasteiger partial charge in [0.1, 0.15) is 0 Å². The van der Waals surface area contributed by atoms with Crippen LogP contribution in [0, 0.1) is 0 Å². The van der Waals surface area contributed by atoms with E-state index in [1.54, 1.807) is 0 Å². The monoisotopic (exact) mass is 284 g/mol. The maximum Gasteiger partial charge on any atom is 0.0177 e. The highest BCUT2D eigenvalue weighted by atomic mass is 15.1. The predicted octanol–water partition coefficient (Wildman–Crippen LogP) is 3.37. The average molecular weight is 284 g/mol. The van der Waals surface area contributed by atoms with Gasteiger partial charge >= 0.3 is 0 Å². The molecule has 1 fully saturated rings. The van der Waals surface area contributed by atoms with Crippen molar-refractivity contribution in [3.63, 3.8) is 0 Å². The second-order valence-corrected chi connectivity index (χ2v) is 6.35. The average Bonchev–Trinajstić information content (AvgIpc) is 3.31. The van der Waals surface area contributed by atoms with Crippen molar-refractivity contribution in [2.45, 2.75) is 31.2 Å². The zero-order valence-electron chi connectivity index (χ0n) is 13.2. The van der Waals surface area contributed by atoms with Crippen LogP contribution < -0.4 is 5.32 Å². The summed E-state index contributed by atoms with van der Waals surface area (Å²) in [5.41, 5.74) is 1.51. The van der Waals surface area contributed by atoms with E-state index >= 15 is 0 Å². The SMILES string of the molecule is C=CCN(CC=C)CC(C)(CNC1CC1)c1ccccc1. The Balaban J connectivity index is 2.12. The van der Waals surface area contributed by atoms with Crippen LogP contribution in [-0.4, -0.2) is 37.1 Å². The molecule has 1 saturated carbocycles. The van der Waals surface area contributed by atoms with Crippen LogP contribution in [0.4, 0.5) is 0 Å². The molecule has 1 aliphatic carbocycles. The quantitative estimate of drug-likeness (QED) is 0.663. The van der Waals surface area contributed by atoms with Gasteiger partial charge < -0.3 is 5.32 Å². The van der Waals surface area contributed by atoms with Gasteiger partial charge in [0.2, 0.25) is 0 Å². The largest absolute Gasteiger partial charge is 0.313 e. The van der Waals surface area contributed by atoms with Crippen molar-refractivity contribution in [2.24, 2.45) is 0 Å². The van der Waals surface area contributed by atoms with Gasteiger partial charge in [0.15, 0.2) is 0 Å². The highest BCUT2D eigenvalue weighted by molar-refractivity contribution is 5.26. The lowest BCUT2D eigenvalue weighted by atomic mass is 9.81. The summed E-state index contributed by atoms with van der Waals surface area (Å²) in [6.07, 6.45) is 6.61. The van der Waals surface area contributed by atoms with Crippen molar-refractivity contribution in [3.05, 3.63) is 61.2 Å². The van der Waals surface area contributed by atoms with Crippen LogP contribution in [0.25, 0.3) is 0 Å². The maximum absolute atomic E-state index is 3.88. The van der Waals surface area contributed by atoms with E-state index in [1.807, 2.05) is 12.2 Å². The zero-order chi connectivity index (χ0) is 15.1. The first-order chi connectivity index (χ1) is 10.2. The fourth-order valence-electron chi connectivity index (χ4n) is 2.81. The molecule has 0 aromatic heterocycles. The smallest absolute Gasteiger partial charge is 0.0177 e. The lowest BCUT2D eigenvalue weighted by molar-refractivity contribution is 0.247. The van der Waals surface area contributed by atoms with E-state index in [0.717, 1.165) is 32.2 Å². The van der Waals surface area contributed by atoms with Gasteiger partial charge in [-0.2, -0.15) is 0 Å². The predicted molar refractivity (Wildman–Crippen MR) is 91.7 cm³/mol. The van der Waals surface area contributed by atoms with Crippen LogP contribution in [0.2, 0.25) is 0 Å². The molecular weight excluding hydrogens is 256 g/mol. The van der Waals surface area contributed by atoms with E-state index in [2.05, 4.69) is 60.6 Å². The standard InChI is InChI=1S/C19H28N2/c1-4-13-21(14-5-2)16-19(3,15-20-18-11-12-18)17-9-7-6-8-10-17/h4-10,18,20H,1-2,11-16H2,3H3. The van der Waals surface area contributed by atoms with Gasteiger partial charge in [0.25, 0.3) is 0 Å². The van der Waals surface area contributed by atoms with Gasteiger partial charge in [0.05, 0.1) is 0 Å². The first-order valence-electron chi connectivity index (χ1n) is 7.91.